The van der Waals surface area contributed by atoms with Gasteiger partial charge in [0.25, 0.3) is 5.91 Å². The third kappa shape index (κ3) is 4.89. The van der Waals surface area contributed by atoms with E-state index in [4.69, 9.17) is 9.47 Å². The number of carbonyl (C=O) groups excluding carboxylic acids is 1. The van der Waals surface area contributed by atoms with E-state index in [0.717, 1.165) is 11.4 Å². The molecule has 1 aromatic carbocycles. The van der Waals surface area contributed by atoms with Crippen LogP contribution in [0.25, 0.3) is 0 Å². The maximum atomic E-state index is 11.8. The molecule has 0 saturated heterocycles. The van der Waals surface area contributed by atoms with Gasteiger partial charge >= 0.3 is 0 Å². The lowest BCUT2D eigenvalue weighted by Gasteiger charge is -2.07. The molecule has 1 N–H and O–H groups in total. The van der Waals surface area contributed by atoms with Gasteiger partial charge in [-0.05, 0) is 24.3 Å². The van der Waals surface area contributed by atoms with Crippen molar-refractivity contribution in [1.29, 1.82) is 0 Å². The fraction of sp³-hybridized carbons (Fsp3) is 0.250. The molecule has 0 unspecified atom stereocenters. The third-order valence-electron chi connectivity index (χ3n) is 2.81. The quantitative estimate of drug-likeness (QED) is 0.791. The van der Waals surface area contributed by atoms with Gasteiger partial charge in [0.1, 0.15) is 12.4 Å². The Kier molecular flexibility index (Phi) is 5.72. The van der Waals surface area contributed by atoms with Gasteiger partial charge < -0.3 is 14.8 Å². The average Bonchev–Trinajstić information content (AvgIpc) is 2.54. The molecule has 0 spiro atoms. The van der Waals surface area contributed by atoms with Crippen molar-refractivity contribution in [2.24, 2.45) is 0 Å². The van der Waals surface area contributed by atoms with Crippen molar-refractivity contribution in [2.75, 3.05) is 20.3 Å². The van der Waals surface area contributed by atoms with Crippen molar-refractivity contribution in [3.63, 3.8) is 0 Å². The largest absolute Gasteiger partial charge is 0.487 e. The minimum Gasteiger partial charge on any atom is -0.487 e. The number of rotatable bonds is 7. The molecule has 1 heterocycles. The first kappa shape index (κ1) is 15.0. The molecule has 2 aromatic rings. The van der Waals surface area contributed by atoms with E-state index in [9.17, 15) is 4.79 Å². The molecule has 0 fully saturated rings. The molecular weight excluding hydrogens is 268 g/mol. The predicted molar refractivity (Wildman–Crippen MR) is 79.2 cm³/mol. The van der Waals surface area contributed by atoms with Gasteiger partial charge in [0.15, 0.2) is 0 Å². The Hall–Kier alpha value is -2.40. The van der Waals surface area contributed by atoms with Gasteiger partial charge in [-0.1, -0.05) is 18.2 Å². The van der Waals surface area contributed by atoms with E-state index in [0.29, 0.717) is 25.3 Å². The summed E-state index contributed by atoms with van der Waals surface area (Å²) in [5.41, 5.74) is 1.29. The normalized spacial score (nSPS) is 10.1. The Morgan fingerprint density at radius 2 is 2.00 bits per heavy atom. The van der Waals surface area contributed by atoms with Gasteiger partial charge in [-0.25, -0.2) is 0 Å². The molecule has 0 bridgehead atoms. The number of benzene rings is 1. The molecule has 110 valence electrons. The smallest absolute Gasteiger partial charge is 0.252 e. The first-order valence-electron chi connectivity index (χ1n) is 6.69. The highest BCUT2D eigenvalue weighted by atomic mass is 16.5. The summed E-state index contributed by atoms with van der Waals surface area (Å²) >= 11 is 0. The van der Waals surface area contributed by atoms with Crippen molar-refractivity contribution in [1.82, 2.24) is 10.3 Å². The minimum atomic E-state index is -0.157. The van der Waals surface area contributed by atoms with Crippen LogP contribution in [0.4, 0.5) is 0 Å². The summed E-state index contributed by atoms with van der Waals surface area (Å²) in [4.78, 5) is 16.0. The van der Waals surface area contributed by atoms with Crippen LogP contribution >= 0.6 is 0 Å². The van der Waals surface area contributed by atoms with E-state index in [2.05, 4.69) is 10.3 Å². The van der Waals surface area contributed by atoms with E-state index in [1.54, 1.807) is 25.4 Å². The van der Waals surface area contributed by atoms with E-state index in [-0.39, 0.29) is 5.91 Å². The molecule has 0 aliphatic rings. The van der Waals surface area contributed by atoms with Crippen LogP contribution in [0.1, 0.15) is 16.1 Å². The summed E-state index contributed by atoms with van der Waals surface area (Å²) in [7, 11) is 1.59. The maximum absolute atomic E-state index is 11.8. The molecule has 0 radical (unpaired) electrons. The highest BCUT2D eigenvalue weighted by molar-refractivity contribution is 5.93. The van der Waals surface area contributed by atoms with E-state index in [1.165, 1.54) is 0 Å². The molecule has 1 aromatic heterocycles. The summed E-state index contributed by atoms with van der Waals surface area (Å²) in [6, 6.07) is 13.1. The first-order valence-corrected chi connectivity index (χ1v) is 6.69. The Morgan fingerprint density at radius 1 is 1.19 bits per heavy atom. The monoisotopic (exact) mass is 286 g/mol. The fourth-order valence-electron chi connectivity index (χ4n) is 1.69. The molecule has 21 heavy (non-hydrogen) atoms. The number of aromatic nitrogens is 1. The number of carbonyl (C=O) groups is 1. The lowest BCUT2D eigenvalue weighted by Crippen LogP contribution is -2.27. The van der Waals surface area contributed by atoms with Crippen LogP contribution in [0.2, 0.25) is 0 Å². The number of amides is 1. The van der Waals surface area contributed by atoms with Crippen LogP contribution in [0.15, 0.2) is 48.7 Å². The lowest BCUT2D eigenvalue weighted by molar-refractivity contribution is 0.0936. The van der Waals surface area contributed by atoms with Crippen LogP contribution in [-0.4, -0.2) is 31.2 Å². The van der Waals surface area contributed by atoms with Crippen LogP contribution in [0.5, 0.6) is 5.75 Å². The third-order valence-corrected chi connectivity index (χ3v) is 2.81. The van der Waals surface area contributed by atoms with Crippen molar-refractivity contribution >= 4 is 5.91 Å². The number of pyridine rings is 1. The van der Waals surface area contributed by atoms with Gasteiger partial charge in [-0.3, -0.25) is 9.78 Å². The van der Waals surface area contributed by atoms with E-state index < -0.39 is 0 Å². The maximum Gasteiger partial charge on any atom is 0.252 e. The molecule has 0 atom stereocenters. The zero-order chi connectivity index (χ0) is 14.9. The van der Waals surface area contributed by atoms with Crippen molar-refractivity contribution < 1.29 is 14.3 Å². The van der Waals surface area contributed by atoms with Gasteiger partial charge in [-0.15, -0.1) is 0 Å². The predicted octanol–water partition coefficient (Wildman–Crippen LogP) is 2.04. The topological polar surface area (TPSA) is 60.5 Å². The molecular formula is C16H18N2O3. The number of nitrogens with zero attached hydrogens (tertiary/aromatic N) is 1. The number of hydrogen-bond donors (Lipinski definition) is 1. The second-order valence-corrected chi connectivity index (χ2v) is 4.39. The lowest BCUT2D eigenvalue weighted by atomic mass is 10.2. The minimum absolute atomic E-state index is 0.157. The zero-order valence-corrected chi connectivity index (χ0v) is 11.9. The summed E-state index contributed by atoms with van der Waals surface area (Å²) in [6.45, 7) is 1.34. The number of ether oxygens (including phenoxy) is 2. The molecule has 5 heteroatoms. The van der Waals surface area contributed by atoms with Crippen LogP contribution in [-0.2, 0) is 11.3 Å². The van der Waals surface area contributed by atoms with Crippen molar-refractivity contribution in [3.8, 4) is 5.75 Å². The molecule has 0 saturated carbocycles. The van der Waals surface area contributed by atoms with Crippen molar-refractivity contribution in [3.05, 3.63) is 59.9 Å². The summed E-state index contributed by atoms with van der Waals surface area (Å²) in [5.74, 6) is 0.635. The zero-order valence-electron chi connectivity index (χ0n) is 11.9. The molecule has 5 nitrogen and oxygen atoms in total. The number of methoxy groups -OCH3 is 1. The van der Waals surface area contributed by atoms with Gasteiger partial charge in [0.2, 0.25) is 0 Å². The Labute approximate surface area is 123 Å². The molecule has 0 aliphatic heterocycles. The Morgan fingerprint density at radius 3 is 2.67 bits per heavy atom. The van der Waals surface area contributed by atoms with Gasteiger partial charge in [0, 0.05) is 19.9 Å². The van der Waals surface area contributed by atoms with Crippen molar-refractivity contribution in [2.45, 2.75) is 6.61 Å². The van der Waals surface area contributed by atoms with E-state index >= 15 is 0 Å². The van der Waals surface area contributed by atoms with Crippen LogP contribution in [0.3, 0.4) is 0 Å². The van der Waals surface area contributed by atoms with Crippen LogP contribution < -0.4 is 10.1 Å². The summed E-state index contributed by atoms with van der Waals surface area (Å²) < 4.78 is 10.5. The highest BCUT2D eigenvalue weighted by Crippen LogP contribution is 2.10. The highest BCUT2D eigenvalue weighted by Gasteiger charge is 2.05. The second kappa shape index (κ2) is 8.01. The van der Waals surface area contributed by atoms with Crippen LogP contribution in [0, 0.1) is 0 Å². The van der Waals surface area contributed by atoms with E-state index in [1.807, 2.05) is 30.3 Å². The van der Waals surface area contributed by atoms with Gasteiger partial charge in [-0.2, -0.15) is 0 Å². The van der Waals surface area contributed by atoms with Gasteiger partial charge in [0.05, 0.1) is 17.9 Å². The number of hydrogen-bond acceptors (Lipinski definition) is 4. The number of para-hydroxylation sites is 1. The second-order valence-electron chi connectivity index (χ2n) is 4.39. The Bertz CT molecular complexity index is 555. The standard InChI is InChI=1S/C16H18N2O3/c1-20-10-9-17-16(19)13-7-8-14(18-11-13)12-21-15-5-3-2-4-6-15/h2-8,11H,9-10,12H2,1H3,(H,17,19). The SMILES string of the molecule is COCCNC(=O)c1ccc(COc2ccccc2)nc1. The average molecular weight is 286 g/mol. The summed E-state index contributed by atoms with van der Waals surface area (Å²) in [6.07, 6.45) is 1.55. The first-order chi connectivity index (χ1) is 10.3. The number of nitrogens with one attached hydrogen (secondary N) is 1. The molecule has 0 aliphatic carbocycles. The summed E-state index contributed by atoms with van der Waals surface area (Å²) in [5, 5.41) is 2.74. The fourth-order valence-corrected chi connectivity index (χ4v) is 1.69. The Balaban J connectivity index is 1.85. The molecule has 1 amide bonds. The molecule has 2 rings (SSSR count).